The lowest BCUT2D eigenvalue weighted by Gasteiger charge is -2.25. The summed E-state index contributed by atoms with van der Waals surface area (Å²) < 4.78 is 7.05. The van der Waals surface area contributed by atoms with Crippen molar-refractivity contribution < 1.29 is 14.3 Å². The second-order valence-corrected chi connectivity index (χ2v) is 9.01. The number of amides is 2. The first-order valence-electron chi connectivity index (χ1n) is 12.3. The molecule has 3 aromatic carbocycles. The van der Waals surface area contributed by atoms with Gasteiger partial charge in [-0.25, -0.2) is 4.68 Å². The van der Waals surface area contributed by atoms with Crippen molar-refractivity contribution in [2.45, 2.75) is 6.92 Å². The van der Waals surface area contributed by atoms with Crippen molar-refractivity contribution in [3.63, 3.8) is 0 Å². The van der Waals surface area contributed by atoms with Gasteiger partial charge in [-0.3, -0.25) is 14.5 Å². The highest BCUT2D eigenvalue weighted by Gasteiger charge is 2.19. The van der Waals surface area contributed by atoms with Crippen LogP contribution in [-0.4, -0.2) is 59.3 Å². The molecule has 0 radical (unpaired) electrons. The Labute approximate surface area is 215 Å². The highest BCUT2D eigenvalue weighted by molar-refractivity contribution is 6.08. The SMILES string of the molecule is Cc1cccc(-c2nn(-c3ccccc3)cc2C(=O)Nc2ccc(NC(=O)CN3CCOCC3)cc2)c1. The fourth-order valence-corrected chi connectivity index (χ4v) is 4.26. The van der Waals surface area contributed by atoms with Gasteiger partial charge in [-0.2, -0.15) is 5.10 Å². The fraction of sp³-hybridized carbons (Fsp3) is 0.207. The number of nitrogens with zero attached hydrogens (tertiary/aromatic N) is 3. The van der Waals surface area contributed by atoms with Crippen LogP contribution in [0.15, 0.2) is 85.1 Å². The molecule has 8 nitrogen and oxygen atoms in total. The van der Waals surface area contributed by atoms with Crippen LogP contribution in [0, 0.1) is 6.92 Å². The number of para-hydroxylation sites is 1. The predicted octanol–water partition coefficient (Wildman–Crippen LogP) is 4.37. The molecule has 188 valence electrons. The van der Waals surface area contributed by atoms with E-state index >= 15 is 0 Å². The molecule has 2 heterocycles. The molecule has 0 unspecified atom stereocenters. The first kappa shape index (κ1) is 24.4. The molecule has 2 N–H and O–H groups in total. The largest absolute Gasteiger partial charge is 0.379 e. The number of anilines is 2. The number of hydrogen-bond donors (Lipinski definition) is 2. The Hall–Kier alpha value is -4.27. The summed E-state index contributed by atoms with van der Waals surface area (Å²) in [5.41, 5.74) is 5.21. The maximum absolute atomic E-state index is 13.4. The van der Waals surface area contributed by atoms with Gasteiger partial charge in [0.2, 0.25) is 5.91 Å². The molecule has 5 rings (SSSR count). The molecule has 1 aliphatic rings. The zero-order chi connectivity index (χ0) is 25.6. The number of nitrogens with one attached hydrogen (secondary N) is 2. The first-order chi connectivity index (χ1) is 18.0. The van der Waals surface area contributed by atoms with Crippen LogP contribution in [0.25, 0.3) is 16.9 Å². The van der Waals surface area contributed by atoms with Crippen molar-refractivity contribution in [1.29, 1.82) is 0 Å². The zero-order valence-corrected chi connectivity index (χ0v) is 20.7. The minimum Gasteiger partial charge on any atom is -0.379 e. The van der Waals surface area contributed by atoms with E-state index in [1.165, 1.54) is 0 Å². The molecule has 1 aliphatic heterocycles. The van der Waals surface area contributed by atoms with Gasteiger partial charge in [0.05, 0.1) is 31.0 Å². The second kappa shape index (κ2) is 11.2. The van der Waals surface area contributed by atoms with Gasteiger partial charge in [-0.05, 0) is 49.4 Å². The Bertz CT molecular complexity index is 1380. The number of carbonyl (C=O) groups excluding carboxylic acids is 2. The van der Waals surface area contributed by atoms with E-state index in [2.05, 4.69) is 15.5 Å². The Morgan fingerprint density at radius 2 is 1.59 bits per heavy atom. The van der Waals surface area contributed by atoms with E-state index in [1.54, 1.807) is 35.1 Å². The van der Waals surface area contributed by atoms with Gasteiger partial charge in [-0.15, -0.1) is 0 Å². The Morgan fingerprint density at radius 3 is 2.30 bits per heavy atom. The number of benzene rings is 3. The maximum Gasteiger partial charge on any atom is 0.259 e. The lowest BCUT2D eigenvalue weighted by molar-refractivity contribution is -0.118. The van der Waals surface area contributed by atoms with Crippen LogP contribution in [0.2, 0.25) is 0 Å². The highest BCUT2D eigenvalue weighted by Crippen LogP contribution is 2.26. The molecular formula is C29H29N5O3. The van der Waals surface area contributed by atoms with E-state index in [9.17, 15) is 9.59 Å². The van der Waals surface area contributed by atoms with E-state index in [0.717, 1.165) is 29.9 Å². The third-order valence-corrected chi connectivity index (χ3v) is 6.17. The molecule has 1 saturated heterocycles. The minimum atomic E-state index is -0.261. The molecule has 0 saturated carbocycles. The summed E-state index contributed by atoms with van der Waals surface area (Å²) in [6.45, 7) is 5.15. The van der Waals surface area contributed by atoms with Gasteiger partial charge < -0.3 is 15.4 Å². The van der Waals surface area contributed by atoms with E-state index in [1.807, 2.05) is 61.5 Å². The number of aromatic nitrogens is 2. The summed E-state index contributed by atoms with van der Waals surface area (Å²) in [5, 5.41) is 10.6. The molecular weight excluding hydrogens is 466 g/mol. The molecule has 1 aromatic heterocycles. The van der Waals surface area contributed by atoms with Crippen molar-refractivity contribution in [1.82, 2.24) is 14.7 Å². The van der Waals surface area contributed by atoms with Gasteiger partial charge in [0.1, 0.15) is 5.69 Å². The van der Waals surface area contributed by atoms with Gasteiger partial charge >= 0.3 is 0 Å². The van der Waals surface area contributed by atoms with Crippen LogP contribution in [0.1, 0.15) is 15.9 Å². The van der Waals surface area contributed by atoms with Crippen LogP contribution < -0.4 is 10.6 Å². The van der Waals surface area contributed by atoms with Crippen molar-refractivity contribution in [3.05, 3.63) is 96.2 Å². The summed E-state index contributed by atoms with van der Waals surface area (Å²) >= 11 is 0. The summed E-state index contributed by atoms with van der Waals surface area (Å²) in [6.07, 6.45) is 1.75. The van der Waals surface area contributed by atoms with E-state index < -0.39 is 0 Å². The second-order valence-electron chi connectivity index (χ2n) is 9.01. The Balaban J connectivity index is 1.31. The van der Waals surface area contributed by atoms with Gasteiger partial charge in [0.15, 0.2) is 0 Å². The third-order valence-electron chi connectivity index (χ3n) is 6.17. The van der Waals surface area contributed by atoms with E-state index in [-0.39, 0.29) is 11.8 Å². The van der Waals surface area contributed by atoms with Crippen LogP contribution in [0.3, 0.4) is 0 Å². The first-order valence-corrected chi connectivity index (χ1v) is 12.3. The van der Waals surface area contributed by atoms with Crippen molar-refractivity contribution in [3.8, 4) is 16.9 Å². The molecule has 0 aliphatic carbocycles. The molecule has 2 amide bonds. The quantitative estimate of drug-likeness (QED) is 0.398. The monoisotopic (exact) mass is 495 g/mol. The van der Waals surface area contributed by atoms with Crippen molar-refractivity contribution in [2.75, 3.05) is 43.5 Å². The lowest BCUT2D eigenvalue weighted by atomic mass is 10.1. The van der Waals surface area contributed by atoms with Crippen molar-refractivity contribution in [2.24, 2.45) is 0 Å². The highest BCUT2D eigenvalue weighted by atomic mass is 16.5. The van der Waals surface area contributed by atoms with Gasteiger partial charge in [0, 0.05) is 36.2 Å². The van der Waals surface area contributed by atoms with Crippen LogP contribution in [-0.2, 0) is 9.53 Å². The fourth-order valence-electron chi connectivity index (χ4n) is 4.26. The van der Waals surface area contributed by atoms with E-state index in [0.29, 0.717) is 42.4 Å². The van der Waals surface area contributed by atoms with Crippen molar-refractivity contribution >= 4 is 23.2 Å². The molecule has 0 bridgehead atoms. The molecule has 1 fully saturated rings. The number of aryl methyl sites for hydroxylation is 1. The number of carbonyl (C=O) groups is 2. The average molecular weight is 496 g/mol. The third kappa shape index (κ3) is 6.11. The molecule has 0 spiro atoms. The van der Waals surface area contributed by atoms with Crippen LogP contribution >= 0.6 is 0 Å². The summed E-state index contributed by atoms with van der Waals surface area (Å²) in [5.74, 6) is -0.336. The normalized spacial score (nSPS) is 13.8. The molecule has 37 heavy (non-hydrogen) atoms. The summed E-state index contributed by atoms with van der Waals surface area (Å²) in [4.78, 5) is 27.8. The Morgan fingerprint density at radius 1 is 0.892 bits per heavy atom. The Kier molecular flexibility index (Phi) is 7.39. The predicted molar refractivity (Wildman–Crippen MR) is 144 cm³/mol. The van der Waals surface area contributed by atoms with Gasteiger partial charge in [-0.1, -0.05) is 42.0 Å². The summed E-state index contributed by atoms with van der Waals surface area (Å²) in [7, 11) is 0. The average Bonchev–Trinajstić information content (AvgIpc) is 3.37. The molecule has 4 aromatic rings. The number of hydrogen-bond acceptors (Lipinski definition) is 5. The van der Waals surface area contributed by atoms with Gasteiger partial charge in [0.25, 0.3) is 5.91 Å². The maximum atomic E-state index is 13.4. The number of ether oxygens (including phenoxy) is 1. The summed E-state index contributed by atoms with van der Waals surface area (Å²) in [6, 6.07) is 24.8. The topological polar surface area (TPSA) is 88.5 Å². The van der Waals surface area contributed by atoms with Crippen LogP contribution in [0.4, 0.5) is 11.4 Å². The van der Waals surface area contributed by atoms with Crippen LogP contribution in [0.5, 0.6) is 0 Å². The standard InChI is InChI=1S/C29H29N5O3/c1-21-6-5-7-22(18-21)28-26(19-34(32-28)25-8-3-2-4-9-25)29(36)31-24-12-10-23(11-13-24)30-27(35)20-33-14-16-37-17-15-33/h2-13,18-19H,14-17,20H2,1H3,(H,30,35)(H,31,36). The smallest absolute Gasteiger partial charge is 0.259 e. The van der Waals surface area contributed by atoms with E-state index in [4.69, 9.17) is 9.84 Å². The molecule has 0 atom stereocenters. The molecule has 8 heteroatoms. The minimum absolute atomic E-state index is 0.0743. The lowest BCUT2D eigenvalue weighted by Crippen LogP contribution is -2.41. The zero-order valence-electron chi connectivity index (χ0n) is 20.7. The number of rotatable bonds is 7. The number of morpholine rings is 1.